The highest BCUT2D eigenvalue weighted by Gasteiger charge is 2.15. The Morgan fingerprint density at radius 3 is 2.47 bits per heavy atom. The van der Waals surface area contributed by atoms with E-state index in [1.54, 1.807) is 0 Å². The van der Waals surface area contributed by atoms with E-state index in [9.17, 15) is 0 Å². The lowest BCUT2D eigenvalue weighted by Crippen LogP contribution is -2.30. The summed E-state index contributed by atoms with van der Waals surface area (Å²) in [7, 11) is 2.12. The first-order valence-electron chi connectivity index (χ1n) is 6.40. The maximum Gasteiger partial charge on any atom is 0.0471 e. The molecule has 0 bridgehead atoms. The summed E-state index contributed by atoms with van der Waals surface area (Å²) >= 11 is 3.52. The monoisotopic (exact) mass is 318 g/mol. The van der Waals surface area contributed by atoms with Gasteiger partial charge in [0, 0.05) is 23.6 Å². The molecule has 0 amide bonds. The number of nitrogens with zero attached hydrogens (tertiary/aromatic N) is 1. The molecular formula is C16H19BrN2. The molecule has 0 saturated heterocycles. The number of nitrogens with two attached hydrogens (primary N) is 1. The molecule has 2 aromatic carbocycles. The fourth-order valence-electron chi connectivity index (χ4n) is 2.27. The van der Waals surface area contributed by atoms with Gasteiger partial charge in [0.05, 0.1) is 0 Å². The van der Waals surface area contributed by atoms with Crippen molar-refractivity contribution in [2.45, 2.75) is 12.6 Å². The van der Waals surface area contributed by atoms with Crippen molar-refractivity contribution < 1.29 is 0 Å². The van der Waals surface area contributed by atoms with E-state index in [4.69, 9.17) is 5.73 Å². The maximum atomic E-state index is 5.95. The first kappa shape index (κ1) is 14.3. The van der Waals surface area contributed by atoms with Gasteiger partial charge in [-0.05, 0) is 30.3 Å². The molecule has 0 heterocycles. The molecule has 3 heteroatoms. The van der Waals surface area contributed by atoms with Gasteiger partial charge in [-0.2, -0.15) is 0 Å². The van der Waals surface area contributed by atoms with E-state index in [1.807, 2.05) is 12.1 Å². The molecule has 0 aromatic heterocycles. The molecule has 0 saturated carbocycles. The third-order valence-electron chi connectivity index (χ3n) is 3.26. The molecule has 0 aliphatic heterocycles. The third kappa shape index (κ3) is 3.90. The minimum absolute atomic E-state index is 0.234. The number of hydrogen-bond acceptors (Lipinski definition) is 2. The van der Waals surface area contributed by atoms with Crippen molar-refractivity contribution >= 4 is 15.9 Å². The van der Waals surface area contributed by atoms with Gasteiger partial charge in [-0.25, -0.2) is 0 Å². The Kier molecular flexibility index (Phi) is 5.14. The fourth-order valence-corrected chi connectivity index (χ4v) is 2.68. The summed E-state index contributed by atoms with van der Waals surface area (Å²) in [5.41, 5.74) is 8.50. The zero-order chi connectivity index (χ0) is 13.7. The minimum atomic E-state index is 0.234. The van der Waals surface area contributed by atoms with Crippen molar-refractivity contribution in [1.29, 1.82) is 0 Å². The van der Waals surface area contributed by atoms with Crippen molar-refractivity contribution in [3.8, 4) is 0 Å². The molecule has 1 unspecified atom stereocenters. The lowest BCUT2D eigenvalue weighted by Gasteiger charge is -2.27. The van der Waals surface area contributed by atoms with Crippen LogP contribution in [-0.2, 0) is 6.54 Å². The molecule has 2 aromatic rings. The van der Waals surface area contributed by atoms with Gasteiger partial charge in [0.25, 0.3) is 0 Å². The van der Waals surface area contributed by atoms with Gasteiger partial charge in [0.1, 0.15) is 0 Å². The lowest BCUT2D eigenvalue weighted by molar-refractivity contribution is 0.242. The molecule has 2 rings (SSSR count). The van der Waals surface area contributed by atoms with Crippen LogP contribution in [-0.4, -0.2) is 18.5 Å². The van der Waals surface area contributed by atoms with Crippen LogP contribution >= 0.6 is 15.9 Å². The first-order valence-corrected chi connectivity index (χ1v) is 7.19. The van der Waals surface area contributed by atoms with Crippen molar-refractivity contribution in [2.75, 3.05) is 13.6 Å². The Balaban J connectivity index is 2.13. The van der Waals surface area contributed by atoms with E-state index in [0.717, 1.165) is 11.0 Å². The Morgan fingerprint density at radius 2 is 1.84 bits per heavy atom. The summed E-state index contributed by atoms with van der Waals surface area (Å²) in [6.07, 6.45) is 0. The van der Waals surface area contributed by atoms with Crippen LogP contribution in [0.25, 0.3) is 0 Å². The Bertz CT molecular complexity index is 513. The van der Waals surface area contributed by atoms with Gasteiger partial charge < -0.3 is 5.73 Å². The Labute approximate surface area is 123 Å². The summed E-state index contributed by atoms with van der Waals surface area (Å²) in [5, 5.41) is 0. The van der Waals surface area contributed by atoms with Gasteiger partial charge >= 0.3 is 0 Å². The molecule has 2 nitrogen and oxygen atoms in total. The topological polar surface area (TPSA) is 29.3 Å². The van der Waals surface area contributed by atoms with Crippen molar-refractivity contribution in [1.82, 2.24) is 4.90 Å². The van der Waals surface area contributed by atoms with Crippen molar-refractivity contribution in [3.05, 3.63) is 70.2 Å². The molecule has 100 valence electrons. The Morgan fingerprint density at radius 1 is 1.11 bits per heavy atom. The molecule has 0 fully saturated rings. The summed E-state index contributed by atoms with van der Waals surface area (Å²) in [6, 6.07) is 19.1. The van der Waals surface area contributed by atoms with Crippen LogP contribution in [0.15, 0.2) is 59.1 Å². The van der Waals surface area contributed by atoms with Crippen molar-refractivity contribution in [2.24, 2.45) is 5.73 Å². The highest BCUT2D eigenvalue weighted by atomic mass is 79.9. The van der Waals surface area contributed by atoms with E-state index in [2.05, 4.69) is 70.3 Å². The largest absolute Gasteiger partial charge is 0.329 e. The normalized spacial score (nSPS) is 12.6. The second-order valence-electron chi connectivity index (χ2n) is 4.71. The highest BCUT2D eigenvalue weighted by Crippen LogP contribution is 2.23. The lowest BCUT2D eigenvalue weighted by atomic mass is 10.1. The second-order valence-corrected chi connectivity index (χ2v) is 5.62. The second kappa shape index (κ2) is 6.85. The molecule has 19 heavy (non-hydrogen) atoms. The maximum absolute atomic E-state index is 5.95. The average molecular weight is 319 g/mol. The summed E-state index contributed by atoms with van der Waals surface area (Å²) in [4.78, 5) is 2.29. The number of likely N-dealkylation sites (N-methyl/N-ethyl adjacent to an activating group) is 1. The van der Waals surface area contributed by atoms with E-state index >= 15 is 0 Å². The van der Waals surface area contributed by atoms with Gasteiger partial charge in [-0.15, -0.1) is 0 Å². The van der Waals surface area contributed by atoms with E-state index in [0.29, 0.717) is 6.54 Å². The van der Waals surface area contributed by atoms with E-state index in [1.165, 1.54) is 11.1 Å². The highest BCUT2D eigenvalue weighted by molar-refractivity contribution is 9.10. The molecule has 0 aliphatic rings. The number of benzene rings is 2. The molecule has 0 aliphatic carbocycles. The van der Waals surface area contributed by atoms with Gasteiger partial charge in [0.2, 0.25) is 0 Å². The SMILES string of the molecule is CN(Cc1ccccc1)C(CN)c1cccc(Br)c1. The first-order chi connectivity index (χ1) is 9.20. The van der Waals surface area contributed by atoms with Gasteiger partial charge in [-0.1, -0.05) is 58.4 Å². The predicted octanol–water partition coefficient (Wildman–Crippen LogP) is 3.58. The number of hydrogen-bond donors (Lipinski definition) is 1. The van der Waals surface area contributed by atoms with Crippen molar-refractivity contribution in [3.63, 3.8) is 0 Å². The molecular weight excluding hydrogens is 300 g/mol. The fraction of sp³-hybridized carbons (Fsp3) is 0.250. The number of rotatable bonds is 5. The van der Waals surface area contributed by atoms with Crippen LogP contribution in [0.5, 0.6) is 0 Å². The van der Waals surface area contributed by atoms with Gasteiger partial charge in [0.15, 0.2) is 0 Å². The summed E-state index contributed by atoms with van der Waals surface area (Å²) in [6.45, 7) is 1.51. The van der Waals surface area contributed by atoms with Crippen LogP contribution in [0.1, 0.15) is 17.2 Å². The number of halogens is 1. The molecule has 0 radical (unpaired) electrons. The van der Waals surface area contributed by atoms with Crippen LogP contribution < -0.4 is 5.73 Å². The third-order valence-corrected chi connectivity index (χ3v) is 3.76. The standard InChI is InChI=1S/C16H19BrN2/c1-19(12-13-6-3-2-4-7-13)16(11-18)14-8-5-9-15(17)10-14/h2-10,16H,11-12,18H2,1H3. The van der Waals surface area contributed by atoms with Crippen LogP contribution in [0.4, 0.5) is 0 Å². The van der Waals surface area contributed by atoms with E-state index in [-0.39, 0.29) is 6.04 Å². The predicted molar refractivity (Wildman–Crippen MR) is 83.8 cm³/mol. The molecule has 2 N–H and O–H groups in total. The molecule has 1 atom stereocenters. The summed E-state index contributed by atoms with van der Waals surface area (Å²) in [5.74, 6) is 0. The van der Waals surface area contributed by atoms with Gasteiger partial charge in [-0.3, -0.25) is 4.90 Å². The zero-order valence-corrected chi connectivity index (χ0v) is 12.7. The zero-order valence-electron chi connectivity index (χ0n) is 11.1. The van der Waals surface area contributed by atoms with E-state index < -0.39 is 0 Å². The average Bonchev–Trinajstić information content (AvgIpc) is 2.41. The molecule has 0 spiro atoms. The quantitative estimate of drug-likeness (QED) is 0.913. The Hall–Kier alpha value is -1.16. The smallest absolute Gasteiger partial charge is 0.0471 e. The minimum Gasteiger partial charge on any atom is -0.329 e. The van der Waals surface area contributed by atoms with Crippen LogP contribution in [0.2, 0.25) is 0 Å². The van der Waals surface area contributed by atoms with Crippen LogP contribution in [0, 0.1) is 0 Å². The van der Waals surface area contributed by atoms with Crippen LogP contribution in [0.3, 0.4) is 0 Å². The summed E-state index contributed by atoms with van der Waals surface area (Å²) < 4.78 is 1.09.